The van der Waals surface area contributed by atoms with E-state index in [9.17, 15) is 14.0 Å². The quantitative estimate of drug-likeness (QED) is 0.516. The average Bonchev–Trinajstić information content (AvgIpc) is 3.07. The SMILES string of the molecule is CC(C)c1ccccc1NC(=O)CSc1nnc(CC(=O)Nc2ccc(F)cc2)n1C. The van der Waals surface area contributed by atoms with Gasteiger partial charge in [-0.15, -0.1) is 10.2 Å². The van der Waals surface area contributed by atoms with Crippen molar-refractivity contribution in [3.05, 3.63) is 65.7 Å². The number of thioether (sulfide) groups is 1. The normalized spacial score (nSPS) is 10.9. The van der Waals surface area contributed by atoms with Gasteiger partial charge in [0, 0.05) is 18.4 Å². The monoisotopic (exact) mass is 441 g/mol. The molecule has 162 valence electrons. The van der Waals surface area contributed by atoms with Gasteiger partial charge in [0.2, 0.25) is 11.8 Å². The molecular weight excluding hydrogens is 417 g/mol. The third-order valence-electron chi connectivity index (χ3n) is 4.56. The molecule has 0 unspecified atom stereocenters. The molecule has 0 atom stereocenters. The molecule has 0 saturated heterocycles. The molecule has 0 bridgehead atoms. The maximum atomic E-state index is 13.0. The Labute approximate surface area is 184 Å². The zero-order chi connectivity index (χ0) is 22.4. The van der Waals surface area contributed by atoms with E-state index in [1.54, 1.807) is 11.6 Å². The Hall–Kier alpha value is -3.20. The summed E-state index contributed by atoms with van der Waals surface area (Å²) in [5.74, 6) is 0.127. The molecule has 1 aromatic heterocycles. The lowest BCUT2D eigenvalue weighted by atomic mass is 10.0. The summed E-state index contributed by atoms with van der Waals surface area (Å²) in [6.45, 7) is 4.15. The Balaban J connectivity index is 1.55. The van der Waals surface area contributed by atoms with Crippen molar-refractivity contribution in [2.24, 2.45) is 7.05 Å². The van der Waals surface area contributed by atoms with Gasteiger partial charge < -0.3 is 15.2 Å². The summed E-state index contributed by atoms with van der Waals surface area (Å²) in [4.78, 5) is 24.6. The zero-order valence-electron chi connectivity index (χ0n) is 17.6. The predicted octanol–water partition coefficient (Wildman–Crippen LogP) is 3.99. The van der Waals surface area contributed by atoms with Crippen LogP contribution in [-0.4, -0.2) is 32.3 Å². The standard InChI is InChI=1S/C22H24FN5O2S/c1-14(2)17-6-4-5-7-18(17)25-21(30)13-31-22-27-26-19(28(22)3)12-20(29)24-16-10-8-15(23)9-11-16/h4-11,14H,12-13H2,1-3H3,(H,24,29)(H,25,30). The minimum absolute atomic E-state index is 0.00932. The van der Waals surface area contributed by atoms with E-state index in [0.29, 0.717) is 22.6 Å². The topological polar surface area (TPSA) is 88.9 Å². The van der Waals surface area contributed by atoms with Crippen molar-refractivity contribution < 1.29 is 14.0 Å². The summed E-state index contributed by atoms with van der Waals surface area (Å²) >= 11 is 1.25. The van der Waals surface area contributed by atoms with E-state index in [1.165, 1.54) is 36.0 Å². The molecule has 2 amide bonds. The number of nitrogens with one attached hydrogen (secondary N) is 2. The minimum atomic E-state index is -0.371. The Morgan fingerprint density at radius 2 is 1.74 bits per heavy atom. The second kappa shape index (κ2) is 10.2. The van der Waals surface area contributed by atoms with Gasteiger partial charge >= 0.3 is 0 Å². The van der Waals surface area contributed by atoms with Crippen molar-refractivity contribution in [1.82, 2.24) is 14.8 Å². The number of aromatic nitrogens is 3. The van der Waals surface area contributed by atoms with Crippen LogP contribution >= 0.6 is 11.8 Å². The third-order valence-corrected chi connectivity index (χ3v) is 5.58. The van der Waals surface area contributed by atoms with Gasteiger partial charge in [-0.3, -0.25) is 9.59 Å². The number of amides is 2. The summed E-state index contributed by atoms with van der Waals surface area (Å²) in [5, 5.41) is 14.3. The van der Waals surface area contributed by atoms with E-state index in [1.807, 2.05) is 24.3 Å². The Morgan fingerprint density at radius 3 is 2.45 bits per heavy atom. The Morgan fingerprint density at radius 1 is 1.03 bits per heavy atom. The largest absolute Gasteiger partial charge is 0.326 e. The number of halogens is 1. The predicted molar refractivity (Wildman–Crippen MR) is 120 cm³/mol. The van der Waals surface area contributed by atoms with Gasteiger partial charge in [0.25, 0.3) is 0 Å². The Bertz CT molecular complexity index is 1070. The number of anilines is 2. The van der Waals surface area contributed by atoms with Gasteiger partial charge in [0.05, 0.1) is 12.2 Å². The molecule has 0 aliphatic rings. The number of benzene rings is 2. The summed E-state index contributed by atoms with van der Waals surface area (Å²) in [6.07, 6.45) is 0.00932. The van der Waals surface area contributed by atoms with Crippen molar-refractivity contribution in [3.63, 3.8) is 0 Å². The van der Waals surface area contributed by atoms with Crippen molar-refractivity contribution in [2.45, 2.75) is 31.3 Å². The van der Waals surface area contributed by atoms with Crippen LogP contribution in [0, 0.1) is 5.82 Å². The Kier molecular flexibility index (Phi) is 7.41. The van der Waals surface area contributed by atoms with E-state index in [4.69, 9.17) is 0 Å². The molecular formula is C22H24FN5O2S. The summed E-state index contributed by atoms with van der Waals surface area (Å²) in [6, 6.07) is 13.3. The third kappa shape index (κ3) is 6.14. The number of hydrogen-bond donors (Lipinski definition) is 2. The van der Waals surface area contributed by atoms with Gasteiger partial charge in [-0.1, -0.05) is 43.8 Å². The van der Waals surface area contributed by atoms with Crippen LogP contribution in [0.25, 0.3) is 0 Å². The van der Waals surface area contributed by atoms with Crippen molar-refractivity contribution in [3.8, 4) is 0 Å². The lowest BCUT2D eigenvalue weighted by Gasteiger charge is -2.13. The van der Waals surface area contributed by atoms with Crippen molar-refractivity contribution in [2.75, 3.05) is 16.4 Å². The fourth-order valence-electron chi connectivity index (χ4n) is 2.94. The van der Waals surface area contributed by atoms with Crippen LogP contribution in [0.3, 0.4) is 0 Å². The molecule has 2 N–H and O–H groups in total. The molecule has 0 radical (unpaired) electrons. The number of rotatable bonds is 8. The maximum absolute atomic E-state index is 13.0. The van der Waals surface area contributed by atoms with Crippen molar-refractivity contribution in [1.29, 1.82) is 0 Å². The lowest BCUT2D eigenvalue weighted by molar-refractivity contribution is -0.116. The molecule has 0 fully saturated rings. The highest BCUT2D eigenvalue weighted by molar-refractivity contribution is 7.99. The smallest absolute Gasteiger partial charge is 0.234 e. The van der Waals surface area contributed by atoms with E-state index in [0.717, 1.165) is 11.3 Å². The van der Waals surface area contributed by atoms with E-state index < -0.39 is 0 Å². The fourth-order valence-corrected chi connectivity index (χ4v) is 3.67. The number of para-hydroxylation sites is 1. The van der Waals surface area contributed by atoms with Crippen LogP contribution in [0.1, 0.15) is 31.2 Å². The van der Waals surface area contributed by atoms with Crippen LogP contribution in [0.5, 0.6) is 0 Å². The highest BCUT2D eigenvalue weighted by atomic mass is 32.2. The van der Waals surface area contributed by atoms with Gasteiger partial charge in [0.15, 0.2) is 5.16 Å². The van der Waals surface area contributed by atoms with Crippen LogP contribution in [-0.2, 0) is 23.1 Å². The minimum Gasteiger partial charge on any atom is -0.326 e. The molecule has 3 rings (SSSR count). The first kappa shape index (κ1) is 22.5. The second-order valence-electron chi connectivity index (χ2n) is 7.27. The molecule has 7 nitrogen and oxygen atoms in total. The summed E-state index contributed by atoms with van der Waals surface area (Å²) < 4.78 is 14.7. The molecule has 0 spiro atoms. The molecule has 0 aliphatic carbocycles. The fraction of sp³-hybridized carbons (Fsp3) is 0.273. The number of nitrogens with zero attached hydrogens (tertiary/aromatic N) is 3. The molecule has 0 aliphatic heterocycles. The first-order chi connectivity index (χ1) is 14.8. The molecule has 2 aromatic carbocycles. The van der Waals surface area contributed by atoms with Crippen LogP contribution in [0.15, 0.2) is 53.7 Å². The van der Waals surface area contributed by atoms with Crippen molar-refractivity contribution >= 4 is 35.0 Å². The zero-order valence-corrected chi connectivity index (χ0v) is 18.4. The molecule has 31 heavy (non-hydrogen) atoms. The first-order valence-electron chi connectivity index (χ1n) is 9.78. The van der Waals surface area contributed by atoms with E-state index in [-0.39, 0.29) is 29.8 Å². The number of hydrogen-bond acceptors (Lipinski definition) is 5. The van der Waals surface area contributed by atoms with Gasteiger partial charge in [-0.05, 0) is 41.8 Å². The van der Waals surface area contributed by atoms with E-state index >= 15 is 0 Å². The van der Waals surface area contributed by atoms with Crippen LogP contribution < -0.4 is 10.6 Å². The van der Waals surface area contributed by atoms with Gasteiger partial charge in [-0.2, -0.15) is 0 Å². The lowest BCUT2D eigenvalue weighted by Crippen LogP contribution is -2.17. The molecule has 0 saturated carbocycles. The highest BCUT2D eigenvalue weighted by Crippen LogP contribution is 2.24. The molecule has 3 aromatic rings. The summed E-state index contributed by atoms with van der Waals surface area (Å²) in [7, 11) is 1.74. The molecule has 9 heteroatoms. The highest BCUT2D eigenvalue weighted by Gasteiger charge is 2.15. The average molecular weight is 442 g/mol. The van der Waals surface area contributed by atoms with E-state index in [2.05, 4.69) is 34.7 Å². The second-order valence-corrected chi connectivity index (χ2v) is 8.21. The maximum Gasteiger partial charge on any atom is 0.234 e. The van der Waals surface area contributed by atoms with Crippen LogP contribution in [0.2, 0.25) is 0 Å². The first-order valence-corrected chi connectivity index (χ1v) is 10.8. The van der Waals surface area contributed by atoms with Crippen LogP contribution in [0.4, 0.5) is 15.8 Å². The molecule has 1 heterocycles. The number of carbonyl (C=O) groups is 2. The number of carbonyl (C=O) groups excluding carboxylic acids is 2. The van der Waals surface area contributed by atoms with Gasteiger partial charge in [-0.25, -0.2) is 4.39 Å². The summed E-state index contributed by atoms with van der Waals surface area (Å²) in [5.41, 5.74) is 2.38. The van der Waals surface area contributed by atoms with Gasteiger partial charge in [0.1, 0.15) is 11.6 Å².